The molecule has 0 spiro atoms. The van der Waals surface area contributed by atoms with E-state index < -0.39 is 5.54 Å². The molecule has 1 amide bonds. The lowest BCUT2D eigenvalue weighted by Gasteiger charge is -2.61. The van der Waals surface area contributed by atoms with Gasteiger partial charge in [0.05, 0.1) is 6.10 Å². The van der Waals surface area contributed by atoms with Gasteiger partial charge in [0.1, 0.15) is 5.54 Å². The quantitative estimate of drug-likeness (QED) is 0.700. The van der Waals surface area contributed by atoms with Gasteiger partial charge in [-0.15, -0.1) is 0 Å². The predicted octanol–water partition coefficient (Wildman–Crippen LogP) is 0.197. The standard InChI is InChI=1S/C14H27N3O2/c1-13(2)11-10(6-9-19-11)14(13,15)12(18)17(4)8-5-7-16-3/h10-11,16H,5-9,15H2,1-4H3. The number of nitrogens with two attached hydrogens (primary N) is 1. The Bertz CT molecular complexity index is 359. The molecule has 2 fully saturated rings. The van der Waals surface area contributed by atoms with Gasteiger partial charge in [-0.3, -0.25) is 4.79 Å². The molecule has 2 rings (SSSR count). The molecular formula is C14H27N3O2. The molecular weight excluding hydrogens is 242 g/mol. The number of hydrogen-bond acceptors (Lipinski definition) is 4. The van der Waals surface area contributed by atoms with Crippen LogP contribution >= 0.6 is 0 Å². The van der Waals surface area contributed by atoms with Crippen LogP contribution in [-0.2, 0) is 9.53 Å². The first kappa shape index (κ1) is 14.8. The lowest BCUT2D eigenvalue weighted by Crippen LogP contribution is -2.80. The van der Waals surface area contributed by atoms with Gasteiger partial charge < -0.3 is 20.7 Å². The van der Waals surface area contributed by atoms with Crippen molar-refractivity contribution in [1.82, 2.24) is 10.2 Å². The molecule has 19 heavy (non-hydrogen) atoms. The highest BCUT2D eigenvalue weighted by Crippen LogP contribution is 2.58. The van der Waals surface area contributed by atoms with Crippen LogP contribution in [0.5, 0.6) is 0 Å². The molecule has 1 aliphatic carbocycles. The minimum Gasteiger partial charge on any atom is -0.377 e. The number of ether oxygens (including phenoxy) is 1. The largest absolute Gasteiger partial charge is 0.377 e. The molecule has 0 aromatic heterocycles. The van der Waals surface area contributed by atoms with Crippen molar-refractivity contribution in [2.24, 2.45) is 17.1 Å². The van der Waals surface area contributed by atoms with Crippen LogP contribution in [0.1, 0.15) is 26.7 Å². The van der Waals surface area contributed by atoms with E-state index in [0.717, 1.165) is 32.5 Å². The zero-order valence-corrected chi connectivity index (χ0v) is 12.5. The first-order valence-electron chi connectivity index (χ1n) is 7.18. The van der Waals surface area contributed by atoms with Gasteiger partial charge in [0.25, 0.3) is 0 Å². The summed E-state index contributed by atoms with van der Waals surface area (Å²) in [5, 5.41) is 3.09. The predicted molar refractivity (Wildman–Crippen MR) is 74.7 cm³/mol. The fourth-order valence-corrected chi connectivity index (χ4v) is 3.73. The maximum absolute atomic E-state index is 12.7. The average molecular weight is 269 g/mol. The van der Waals surface area contributed by atoms with Crippen LogP contribution in [0.4, 0.5) is 0 Å². The highest BCUT2D eigenvalue weighted by atomic mass is 16.5. The highest BCUT2D eigenvalue weighted by molar-refractivity contribution is 5.89. The molecule has 0 aromatic carbocycles. The molecule has 1 aliphatic heterocycles. The van der Waals surface area contributed by atoms with Crippen molar-refractivity contribution >= 4 is 5.91 Å². The fourth-order valence-electron chi connectivity index (χ4n) is 3.73. The lowest BCUT2D eigenvalue weighted by molar-refractivity contribution is -0.183. The highest BCUT2D eigenvalue weighted by Gasteiger charge is 2.71. The van der Waals surface area contributed by atoms with Crippen molar-refractivity contribution in [2.45, 2.75) is 38.3 Å². The summed E-state index contributed by atoms with van der Waals surface area (Å²) >= 11 is 0. The minimum atomic E-state index is -0.761. The molecule has 0 bridgehead atoms. The molecule has 110 valence electrons. The second kappa shape index (κ2) is 5.04. The number of carbonyl (C=O) groups excluding carboxylic acids is 1. The maximum atomic E-state index is 12.7. The number of nitrogens with zero attached hydrogens (tertiary/aromatic N) is 1. The van der Waals surface area contributed by atoms with E-state index in [0.29, 0.717) is 0 Å². The third kappa shape index (κ3) is 1.99. The van der Waals surface area contributed by atoms with Gasteiger partial charge in [-0.05, 0) is 26.4 Å². The third-order valence-corrected chi connectivity index (χ3v) is 5.07. The molecule has 3 N–H and O–H groups in total. The van der Waals surface area contributed by atoms with Gasteiger partial charge in [-0.25, -0.2) is 0 Å². The van der Waals surface area contributed by atoms with Gasteiger partial charge in [0.2, 0.25) is 5.91 Å². The SMILES string of the molecule is CNCCCN(C)C(=O)C1(N)C2CCOC2C1(C)C. The smallest absolute Gasteiger partial charge is 0.243 e. The molecule has 0 radical (unpaired) electrons. The molecule has 3 atom stereocenters. The molecule has 3 unspecified atom stereocenters. The van der Waals surface area contributed by atoms with Gasteiger partial charge >= 0.3 is 0 Å². The Morgan fingerprint density at radius 1 is 1.53 bits per heavy atom. The van der Waals surface area contributed by atoms with Crippen molar-refractivity contribution in [3.8, 4) is 0 Å². The number of hydrogen-bond donors (Lipinski definition) is 2. The Hall–Kier alpha value is -0.650. The van der Waals surface area contributed by atoms with Crippen molar-refractivity contribution in [2.75, 3.05) is 33.8 Å². The Morgan fingerprint density at radius 2 is 2.21 bits per heavy atom. The van der Waals surface area contributed by atoms with Crippen LogP contribution in [0.3, 0.4) is 0 Å². The van der Waals surface area contributed by atoms with Crippen molar-refractivity contribution in [3.05, 3.63) is 0 Å². The summed E-state index contributed by atoms with van der Waals surface area (Å²) in [7, 11) is 3.77. The molecule has 5 heteroatoms. The summed E-state index contributed by atoms with van der Waals surface area (Å²) < 4.78 is 5.73. The van der Waals surface area contributed by atoms with Gasteiger partial charge in [-0.2, -0.15) is 0 Å². The Labute approximate surface area is 115 Å². The van der Waals surface area contributed by atoms with E-state index >= 15 is 0 Å². The number of rotatable bonds is 5. The monoisotopic (exact) mass is 269 g/mol. The van der Waals surface area contributed by atoms with Crippen LogP contribution in [0.15, 0.2) is 0 Å². The Balaban J connectivity index is 2.05. The summed E-state index contributed by atoms with van der Waals surface area (Å²) in [6, 6.07) is 0. The zero-order valence-electron chi connectivity index (χ0n) is 12.5. The van der Waals surface area contributed by atoms with Crippen LogP contribution in [0.2, 0.25) is 0 Å². The van der Waals surface area contributed by atoms with Crippen LogP contribution < -0.4 is 11.1 Å². The number of likely N-dealkylation sites (N-methyl/N-ethyl adjacent to an activating group) is 1. The normalized spacial score (nSPS) is 35.6. The van der Waals surface area contributed by atoms with Crippen molar-refractivity contribution in [1.29, 1.82) is 0 Å². The summed E-state index contributed by atoms with van der Waals surface area (Å²) in [6.07, 6.45) is 1.99. The first-order chi connectivity index (χ1) is 8.87. The van der Waals surface area contributed by atoms with Crippen molar-refractivity contribution in [3.63, 3.8) is 0 Å². The number of carbonyl (C=O) groups is 1. The van der Waals surface area contributed by atoms with E-state index in [-0.39, 0.29) is 23.3 Å². The number of amides is 1. The van der Waals surface area contributed by atoms with E-state index in [1.807, 2.05) is 14.1 Å². The Kier molecular flexibility index (Phi) is 3.91. The first-order valence-corrected chi connectivity index (χ1v) is 7.18. The maximum Gasteiger partial charge on any atom is 0.243 e. The average Bonchev–Trinajstić information content (AvgIpc) is 2.85. The molecule has 1 saturated carbocycles. The fraction of sp³-hybridized carbons (Fsp3) is 0.929. The van der Waals surface area contributed by atoms with Crippen molar-refractivity contribution < 1.29 is 9.53 Å². The second-order valence-electron chi connectivity index (χ2n) is 6.46. The zero-order chi connectivity index (χ0) is 14.3. The van der Waals surface area contributed by atoms with E-state index in [1.54, 1.807) is 4.90 Å². The molecule has 1 saturated heterocycles. The van der Waals surface area contributed by atoms with Gasteiger partial charge in [0, 0.05) is 31.5 Å². The summed E-state index contributed by atoms with van der Waals surface area (Å²) in [6.45, 7) is 6.49. The number of nitrogens with one attached hydrogen (secondary N) is 1. The van der Waals surface area contributed by atoms with E-state index in [2.05, 4.69) is 19.2 Å². The third-order valence-electron chi connectivity index (χ3n) is 5.07. The van der Waals surface area contributed by atoms with Crippen LogP contribution in [0.25, 0.3) is 0 Å². The molecule has 2 aliphatic rings. The second-order valence-corrected chi connectivity index (χ2v) is 6.46. The van der Waals surface area contributed by atoms with Crippen LogP contribution in [-0.4, -0.2) is 56.2 Å². The van der Waals surface area contributed by atoms with E-state index in [1.165, 1.54) is 0 Å². The topological polar surface area (TPSA) is 67.6 Å². The van der Waals surface area contributed by atoms with E-state index in [4.69, 9.17) is 10.5 Å². The van der Waals surface area contributed by atoms with Gasteiger partial charge in [-0.1, -0.05) is 13.8 Å². The summed E-state index contributed by atoms with van der Waals surface area (Å²) in [5.74, 6) is 0.252. The number of fused-ring (bicyclic) bond motifs is 1. The van der Waals surface area contributed by atoms with Crippen LogP contribution in [0, 0.1) is 11.3 Å². The Morgan fingerprint density at radius 3 is 2.84 bits per heavy atom. The van der Waals surface area contributed by atoms with E-state index in [9.17, 15) is 4.79 Å². The molecule has 0 aromatic rings. The molecule has 1 heterocycles. The summed E-state index contributed by atoms with van der Waals surface area (Å²) in [5.41, 5.74) is 5.49. The van der Waals surface area contributed by atoms with Gasteiger partial charge in [0.15, 0.2) is 0 Å². The lowest BCUT2D eigenvalue weighted by atomic mass is 9.47. The summed E-state index contributed by atoms with van der Waals surface area (Å²) in [4.78, 5) is 14.5. The minimum absolute atomic E-state index is 0.0698. The molecule has 5 nitrogen and oxygen atoms in total.